The van der Waals surface area contributed by atoms with Crippen LogP contribution in [-0.2, 0) is 12.7 Å². The molecule has 5 nitrogen and oxygen atoms in total. The van der Waals surface area contributed by atoms with Crippen molar-refractivity contribution in [2.75, 3.05) is 0 Å². The van der Waals surface area contributed by atoms with Crippen molar-refractivity contribution in [3.8, 4) is 5.75 Å². The van der Waals surface area contributed by atoms with Gasteiger partial charge in [0.15, 0.2) is 0 Å². The third kappa shape index (κ3) is 4.40. The quantitative estimate of drug-likeness (QED) is 0.578. The Morgan fingerprint density at radius 3 is 2.53 bits per heavy atom. The van der Waals surface area contributed by atoms with Crippen LogP contribution in [0.15, 0.2) is 24.3 Å². The van der Waals surface area contributed by atoms with Crippen molar-refractivity contribution >= 4 is 36.5 Å². The van der Waals surface area contributed by atoms with Gasteiger partial charge in [0.1, 0.15) is 5.75 Å². The molecule has 7 radical (unpaired) electrons. The van der Waals surface area contributed by atoms with E-state index in [1.165, 1.54) is 24.3 Å². The molecule has 0 fully saturated rings. The highest BCUT2D eigenvalue weighted by molar-refractivity contribution is 6.39. The van der Waals surface area contributed by atoms with E-state index in [1.54, 1.807) is 0 Å². The van der Waals surface area contributed by atoms with Gasteiger partial charge < -0.3 is 17.8 Å². The number of benzene rings is 1. The lowest BCUT2D eigenvalue weighted by Gasteiger charge is -2.02. The zero-order chi connectivity index (χ0) is 11.1. The van der Waals surface area contributed by atoms with Crippen LogP contribution < -0.4 is 0 Å². The maximum absolute atomic E-state index is 11.3. The molecule has 75 valence electrons. The lowest BCUT2D eigenvalue weighted by Crippen LogP contribution is -2.15. The summed E-state index contributed by atoms with van der Waals surface area (Å²) in [7, 11) is 2.10. The summed E-state index contributed by atoms with van der Waals surface area (Å²) in [6.45, 7) is 0. The maximum Gasteiger partial charge on any atom is 0.513 e. The molecule has 1 aromatic carbocycles. The summed E-state index contributed by atoms with van der Waals surface area (Å²) in [5, 5.41) is 8.99. The maximum atomic E-state index is 11.3. The van der Waals surface area contributed by atoms with Gasteiger partial charge in [-0.05, 0) is 24.3 Å². The first-order valence-corrected chi connectivity index (χ1v) is 5.77. The van der Waals surface area contributed by atoms with E-state index in [1.807, 2.05) is 0 Å². The van der Waals surface area contributed by atoms with Crippen LogP contribution in [0.25, 0.3) is 0 Å². The van der Waals surface area contributed by atoms with Crippen LogP contribution >= 0.6 is 0 Å². The predicted octanol–water partition coefficient (Wildman–Crippen LogP) is -0.266. The van der Waals surface area contributed by atoms with Crippen molar-refractivity contribution in [3.05, 3.63) is 29.8 Å². The number of phenols is 1. The minimum absolute atomic E-state index is 0.0965. The van der Waals surface area contributed by atoms with Crippen LogP contribution in [0.1, 0.15) is 10.4 Å². The number of hydrogen-bond donors (Lipinski definition) is 1. The van der Waals surface area contributed by atoms with Crippen molar-refractivity contribution < 1.29 is 22.6 Å². The average Bonchev–Trinajstić information content (AvgIpc) is 2.25. The molecule has 8 heteroatoms. The highest BCUT2D eigenvalue weighted by Crippen LogP contribution is 2.10. The Balaban J connectivity index is 2.37. The third-order valence-corrected chi connectivity index (χ3v) is 2.63. The molecule has 0 amide bonds. The molecule has 1 aromatic rings. The first-order chi connectivity index (χ1) is 7.24. The molecule has 0 saturated heterocycles. The summed E-state index contributed by atoms with van der Waals surface area (Å²) in [5.74, 6) is -0.411. The molecule has 0 unspecified atom stereocenters. The van der Waals surface area contributed by atoms with Gasteiger partial charge >= 0.3 is 26.0 Å². The Morgan fingerprint density at radius 2 is 1.93 bits per heavy atom. The van der Waals surface area contributed by atoms with Crippen molar-refractivity contribution in [3.63, 3.8) is 0 Å². The SMILES string of the molecule is O=C(O[Si]O[Si]O[Si])c1ccc(O)cc1. The molecule has 15 heavy (non-hydrogen) atoms. The molecule has 0 saturated carbocycles. The summed E-state index contributed by atoms with van der Waals surface area (Å²) in [6.07, 6.45) is 0. The van der Waals surface area contributed by atoms with E-state index in [0.717, 1.165) is 0 Å². The van der Waals surface area contributed by atoms with E-state index in [2.05, 4.69) is 14.6 Å². The van der Waals surface area contributed by atoms with Gasteiger partial charge in [-0.25, -0.2) is 4.79 Å². The van der Waals surface area contributed by atoms with Crippen LogP contribution in [-0.4, -0.2) is 41.6 Å². The minimum Gasteiger partial charge on any atom is -0.508 e. The number of hydrogen-bond acceptors (Lipinski definition) is 5. The third-order valence-electron chi connectivity index (χ3n) is 1.36. The standard InChI is InChI=1S/C7H5O5Si3/c8-6-3-1-5(2-4-6)7(9)10-14-12-15-11-13/h1-4,8H. The van der Waals surface area contributed by atoms with E-state index < -0.39 is 16.0 Å². The molecule has 0 heterocycles. The van der Waals surface area contributed by atoms with Crippen LogP contribution in [0.2, 0.25) is 0 Å². The summed E-state index contributed by atoms with van der Waals surface area (Å²) < 4.78 is 14.0. The van der Waals surface area contributed by atoms with E-state index >= 15 is 0 Å². The molecule has 0 aliphatic heterocycles. The average molecular weight is 253 g/mol. The number of phenolic OH excluding ortho intramolecular Hbond substituents is 1. The lowest BCUT2D eigenvalue weighted by molar-refractivity contribution is 0.0721. The fraction of sp³-hybridized carbons (Fsp3) is 0. The Bertz CT molecular complexity index is 315. The molecule has 0 aliphatic rings. The second-order valence-electron chi connectivity index (χ2n) is 2.31. The van der Waals surface area contributed by atoms with Gasteiger partial charge in [0.25, 0.3) is 0 Å². The highest BCUT2D eigenvalue weighted by Gasteiger charge is 2.08. The minimum atomic E-state index is -0.507. The Morgan fingerprint density at radius 1 is 1.27 bits per heavy atom. The Labute approximate surface area is 95.0 Å². The van der Waals surface area contributed by atoms with Crippen molar-refractivity contribution in [1.29, 1.82) is 0 Å². The summed E-state index contributed by atoms with van der Waals surface area (Å²) >= 11 is 0. The van der Waals surface area contributed by atoms with Gasteiger partial charge in [-0.3, -0.25) is 0 Å². The van der Waals surface area contributed by atoms with E-state index in [-0.39, 0.29) is 15.8 Å². The van der Waals surface area contributed by atoms with Crippen LogP contribution in [0, 0.1) is 0 Å². The van der Waals surface area contributed by atoms with Crippen LogP contribution in [0.3, 0.4) is 0 Å². The largest absolute Gasteiger partial charge is 0.513 e. The van der Waals surface area contributed by atoms with E-state index in [9.17, 15) is 4.79 Å². The topological polar surface area (TPSA) is 65.0 Å². The molecule has 0 aliphatic carbocycles. The molecular formula is C7H5O5Si3. The number of carbonyl (C=O) groups excluding carboxylic acids is 1. The fourth-order valence-electron chi connectivity index (χ4n) is 0.753. The molecule has 1 rings (SSSR count). The zero-order valence-corrected chi connectivity index (χ0v) is 10.4. The molecule has 0 spiro atoms. The smallest absolute Gasteiger partial charge is 0.508 e. The lowest BCUT2D eigenvalue weighted by atomic mass is 10.2. The Kier molecular flexibility index (Phi) is 5.28. The molecule has 0 bridgehead atoms. The van der Waals surface area contributed by atoms with Gasteiger partial charge in [-0.2, -0.15) is 0 Å². The molecule has 0 atom stereocenters. The second-order valence-corrected chi connectivity index (χ2v) is 4.48. The van der Waals surface area contributed by atoms with Crippen molar-refractivity contribution in [2.45, 2.75) is 0 Å². The predicted molar refractivity (Wildman–Crippen MR) is 53.0 cm³/mol. The van der Waals surface area contributed by atoms with E-state index in [0.29, 0.717) is 5.56 Å². The number of rotatable bonds is 5. The normalized spacial score (nSPS) is 9.93. The monoisotopic (exact) mass is 253 g/mol. The van der Waals surface area contributed by atoms with Crippen LogP contribution in [0.5, 0.6) is 5.75 Å². The fourth-order valence-corrected chi connectivity index (χ4v) is 1.79. The number of aromatic hydroxyl groups is 1. The second kappa shape index (κ2) is 6.53. The van der Waals surface area contributed by atoms with Gasteiger partial charge in [0.05, 0.1) is 5.56 Å². The summed E-state index contributed by atoms with van der Waals surface area (Å²) in [5.41, 5.74) is 0.353. The number of carbonyl (C=O) groups is 1. The first-order valence-electron chi connectivity index (χ1n) is 3.72. The Hall–Kier alpha value is -0.939. The van der Waals surface area contributed by atoms with Gasteiger partial charge in [-0.15, -0.1) is 0 Å². The van der Waals surface area contributed by atoms with Crippen molar-refractivity contribution in [2.24, 2.45) is 0 Å². The first kappa shape index (κ1) is 12.1. The van der Waals surface area contributed by atoms with Gasteiger partial charge in [0, 0.05) is 0 Å². The summed E-state index contributed by atoms with van der Waals surface area (Å²) in [6, 6.07) is 5.74. The molecule has 0 aromatic heterocycles. The van der Waals surface area contributed by atoms with Gasteiger partial charge in [-0.1, -0.05) is 0 Å². The van der Waals surface area contributed by atoms with E-state index in [4.69, 9.17) is 13.6 Å². The molecular weight excluding hydrogens is 248 g/mol. The summed E-state index contributed by atoms with van der Waals surface area (Å²) in [4.78, 5) is 11.3. The van der Waals surface area contributed by atoms with Crippen LogP contribution in [0.4, 0.5) is 0 Å². The van der Waals surface area contributed by atoms with Gasteiger partial charge in [0.2, 0.25) is 10.5 Å². The highest BCUT2D eigenvalue weighted by atomic mass is 28.4. The zero-order valence-electron chi connectivity index (χ0n) is 7.39. The van der Waals surface area contributed by atoms with Crippen molar-refractivity contribution in [1.82, 2.24) is 0 Å². The molecule has 1 N–H and O–H groups in total.